The van der Waals surface area contributed by atoms with Crippen molar-refractivity contribution in [2.45, 2.75) is 6.18 Å². The van der Waals surface area contributed by atoms with Gasteiger partial charge >= 0.3 is 6.18 Å². The third-order valence-corrected chi connectivity index (χ3v) is 3.46. The number of ether oxygens (including phenoxy) is 1. The largest absolute Gasteiger partial charge is 0.484 e. The predicted octanol–water partition coefficient (Wildman–Crippen LogP) is 5.09. The van der Waals surface area contributed by atoms with E-state index in [0.29, 0.717) is 5.56 Å². The van der Waals surface area contributed by atoms with Gasteiger partial charge in [-0.1, -0.05) is 29.8 Å². The van der Waals surface area contributed by atoms with Crippen molar-refractivity contribution < 1.29 is 27.6 Å². The molecular weight excluding hydrogens is 375 g/mol. The van der Waals surface area contributed by atoms with Gasteiger partial charge in [-0.2, -0.15) is 13.2 Å². The summed E-state index contributed by atoms with van der Waals surface area (Å²) < 4.78 is 40.8. The van der Waals surface area contributed by atoms with Crippen molar-refractivity contribution in [3.05, 3.63) is 74.8 Å². The molecule has 2 rings (SSSR count). The number of carbonyl (C=O) groups excluding carboxylic acids is 1. The maximum atomic E-state index is 12.1. The molecule has 0 radical (unpaired) electrons. The maximum absolute atomic E-state index is 12.1. The highest BCUT2D eigenvalue weighted by atomic mass is 35.5. The number of allylic oxidation sites excluding steroid dienone is 1. The molecule has 0 aliphatic carbocycles. The third-order valence-electron chi connectivity index (χ3n) is 3.14. The van der Waals surface area contributed by atoms with Crippen LogP contribution in [0.1, 0.15) is 15.9 Å². The van der Waals surface area contributed by atoms with Gasteiger partial charge < -0.3 is 4.74 Å². The second kappa shape index (κ2) is 8.01. The number of alkyl halides is 3. The SMILES string of the molecule is O=C(C=Cc1ccc(OCC(F)(F)F)cc1)c1ccc(Cl)c([N+](=O)[O-])c1. The van der Waals surface area contributed by atoms with E-state index in [-0.39, 0.29) is 22.0 Å². The van der Waals surface area contributed by atoms with E-state index in [1.807, 2.05) is 0 Å². The molecule has 0 N–H and O–H groups in total. The van der Waals surface area contributed by atoms with Crippen molar-refractivity contribution in [2.75, 3.05) is 6.61 Å². The molecule has 0 saturated carbocycles. The number of nitro groups is 1. The van der Waals surface area contributed by atoms with Gasteiger partial charge in [-0.05, 0) is 35.9 Å². The van der Waals surface area contributed by atoms with Crippen LogP contribution in [-0.2, 0) is 0 Å². The van der Waals surface area contributed by atoms with Gasteiger partial charge in [0.15, 0.2) is 12.4 Å². The molecule has 0 bridgehead atoms. The van der Waals surface area contributed by atoms with Gasteiger partial charge in [-0.3, -0.25) is 14.9 Å². The van der Waals surface area contributed by atoms with Crippen molar-refractivity contribution in [3.63, 3.8) is 0 Å². The zero-order chi connectivity index (χ0) is 19.3. The van der Waals surface area contributed by atoms with Crippen LogP contribution in [0.5, 0.6) is 5.75 Å². The zero-order valence-electron chi connectivity index (χ0n) is 13.0. The number of rotatable bonds is 6. The average molecular weight is 386 g/mol. The predicted molar refractivity (Wildman–Crippen MR) is 89.5 cm³/mol. The van der Waals surface area contributed by atoms with Crippen molar-refractivity contribution in [3.8, 4) is 5.75 Å². The maximum Gasteiger partial charge on any atom is 0.422 e. The van der Waals surface area contributed by atoms with Crippen molar-refractivity contribution in [1.82, 2.24) is 0 Å². The van der Waals surface area contributed by atoms with E-state index in [9.17, 15) is 28.1 Å². The lowest BCUT2D eigenvalue weighted by atomic mass is 10.1. The van der Waals surface area contributed by atoms with Crippen molar-refractivity contribution >= 4 is 29.1 Å². The Morgan fingerprint density at radius 3 is 2.42 bits per heavy atom. The first-order valence-electron chi connectivity index (χ1n) is 7.12. The van der Waals surface area contributed by atoms with Crippen LogP contribution in [0.3, 0.4) is 0 Å². The lowest BCUT2D eigenvalue weighted by Gasteiger charge is -2.08. The van der Waals surface area contributed by atoms with Crippen LogP contribution < -0.4 is 4.74 Å². The van der Waals surface area contributed by atoms with E-state index >= 15 is 0 Å². The number of benzene rings is 2. The Balaban J connectivity index is 2.06. The summed E-state index contributed by atoms with van der Waals surface area (Å²) in [7, 11) is 0. The highest BCUT2D eigenvalue weighted by Gasteiger charge is 2.28. The van der Waals surface area contributed by atoms with E-state index in [0.717, 1.165) is 6.07 Å². The van der Waals surface area contributed by atoms with Gasteiger partial charge in [0.25, 0.3) is 5.69 Å². The fraction of sp³-hybridized carbons (Fsp3) is 0.118. The lowest BCUT2D eigenvalue weighted by molar-refractivity contribution is -0.384. The minimum Gasteiger partial charge on any atom is -0.484 e. The summed E-state index contributed by atoms with van der Waals surface area (Å²) >= 11 is 5.68. The van der Waals surface area contributed by atoms with E-state index < -0.39 is 23.5 Å². The topological polar surface area (TPSA) is 69.4 Å². The number of ketones is 1. The molecule has 0 aliphatic rings. The second-order valence-corrected chi connectivity index (χ2v) is 5.50. The monoisotopic (exact) mass is 385 g/mol. The summed E-state index contributed by atoms with van der Waals surface area (Å²) in [5.41, 5.74) is 0.251. The van der Waals surface area contributed by atoms with Crippen molar-refractivity contribution in [1.29, 1.82) is 0 Å². The summed E-state index contributed by atoms with van der Waals surface area (Å²) in [6.07, 6.45) is -1.80. The smallest absolute Gasteiger partial charge is 0.422 e. The molecule has 0 fully saturated rings. The molecule has 0 heterocycles. The van der Waals surface area contributed by atoms with Crippen LogP contribution in [0.2, 0.25) is 5.02 Å². The standard InChI is InChI=1S/C17H11ClF3NO4/c18-14-7-4-12(9-15(14)22(24)25)16(23)8-3-11-1-5-13(6-2-11)26-10-17(19,20)21/h1-9H,10H2. The molecule has 136 valence electrons. The summed E-state index contributed by atoms with van der Waals surface area (Å²) in [6.45, 7) is -1.39. The van der Waals surface area contributed by atoms with Crippen LogP contribution in [0, 0.1) is 10.1 Å². The molecule has 5 nitrogen and oxygen atoms in total. The molecule has 2 aromatic carbocycles. The molecule has 0 saturated heterocycles. The third kappa shape index (κ3) is 5.59. The molecule has 0 amide bonds. The Bertz CT molecular complexity index is 848. The number of nitrogens with zero attached hydrogens (tertiary/aromatic N) is 1. The van der Waals surface area contributed by atoms with E-state index in [1.165, 1.54) is 48.6 Å². The normalized spacial score (nSPS) is 11.5. The Morgan fingerprint density at radius 2 is 1.85 bits per heavy atom. The van der Waals surface area contributed by atoms with Crippen LogP contribution in [0.25, 0.3) is 6.08 Å². The number of nitro benzene ring substituents is 1. The van der Waals surface area contributed by atoms with Gasteiger partial charge in [-0.15, -0.1) is 0 Å². The van der Waals surface area contributed by atoms with Gasteiger partial charge in [0.2, 0.25) is 0 Å². The number of halogens is 4. The molecule has 2 aromatic rings. The molecule has 9 heteroatoms. The molecular formula is C17H11ClF3NO4. The summed E-state index contributed by atoms with van der Waals surface area (Å²) in [5, 5.41) is 10.8. The molecule has 26 heavy (non-hydrogen) atoms. The van der Waals surface area contributed by atoms with Gasteiger partial charge in [0.05, 0.1) is 4.92 Å². The lowest BCUT2D eigenvalue weighted by Crippen LogP contribution is -2.19. The highest BCUT2D eigenvalue weighted by Crippen LogP contribution is 2.25. The van der Waals surface area contributed by atoms with E-state index in [1.54, 1.807) is 0 Å². The second-order valence-electron chi connectivity index (χ2n) is 5.09. The molecule has 0 aliphatic heterocycles. The van der Waals surface area contributed by atoms with Crippen LogP contribution >= 0.6 is 11.6 Å². The minimum absolute atomic E-state index is 0.0409. The fourth-order valence-corrected chi connectivity index (χ4v) is 2.10. The summed E-state index contributed by atoms with van der Waals surface area (Å²) in [4.78, 5) is 22.2. The average Bonchev–Trinajstić information content (AvgIpc) is 2.58. The Morgan fingerprint density at radius 1 is 1.19 bits per heavy atom. The highest BCUT2D eigenvalue weighted by molar-refractivity contribution is 6.32. The quantitative estimate of drug-likeness (QED) is 0.301. The Hall–Kier alpha value is -2.87. The Kier molecular flexibility index (Phi) is 5.99. The molecule has 0 atom stereocenters. The van der Waals surface area contributed by atoms with E-state index in [2.05, 4.69) is 4.74 Å². The molecule has 0 spiro atoms. The first kappa shape index (κ1) is 19.5. The van der Waals surface area contributed by atoms with Gasteiger partial charge in [0, 0.05) is 11.6 Å². The summed E-state index contributed by atoms with van der Waals surface area (Å²) in [5.74, 6) is -0.443. The van der Waals surface area contributed by atoms with Crippen LogP contribution in [-0.4, -0.2) is 23.5 Å². The Labute approximate surface area is 150 Å². The van der Waals surface area contributed by atoms with E-state index in [4.69, 9.17) is 11.6 Å². The first-order chi connectivity index (χ1) is 12.2. The number of hydrogen-bond donors (Lipinski definition) is 0. The van der Waals surface area contributed by atoms with Gasteiger partial charge in [0.1, 0.15) is 10.8 Å². The number of hydrogen-bond acceptors (Lipinski definition) is 4. The minimum atomic E-state index is -4.42. The van der Waals surface area contributed by atoms with Gasteiger partial charge in [-0.25, -0.2) is 0 Å². The number of carbonyl (C=O) groups is 1. The summed E-state index contributed by atoms with van der Waals surface area (Å²) in [6, 6.07) is 9.30. The zero-order valence-corrected chi connectivity index (χ0v) is 13.8. The van der Waals surface area contributed by atoms with Crippen LogP contribution in [0.15, 0.2) is 48.5 Å². The fourth-order valence-electron chi connectivity index (χ4n) is 1.91. The first-order valence-corrected chi connectivity index (χ1v) is 7.49. The van der Waals surface area contributed by atoms with Crippen molar-refractivity contribution in [2.24, 2.45) is 0 Å². The molecule has 0 unspecified atom stereocenters. The molecule has 0 aromatic heterocycles. The van der Waals surface area contributed by atoms with Crippen LogP contribution in [0.4, 0.5) is 18.9 Å².